The molecule has 0 rings (SSSR count). The Labute approximate surface area is 97.1 Å². The van der Waals surface area contributed by atoms with E-state index in [0.29, 0.717) is 5.41 Å². The Morgan fingerprint density at radius 2 is 1.50 bits per heavy atom. The summed E-state index contributed by atoms with van der Waals surface area (Å²) in [5, 5.41) is 0.434. The highest BCUT2D eigenvalue weighted by Gasteiger charge is 2.43. The summed E-state index contributed by atoms with van der Waals surface area (Å²) in [5.41, 5.74) is 1.07. The van der Waals surface area contributed by atoms with Crippen LogP contribution in [0, 0.1) is 0 Å². The van der Waals surface area contributed by atoms with E-state index >= 15 is 0 Å². The summed E-state index contributed by atoms with van der Waals surface area (Å²) in [7, 11) is -1.88. The number of carbonyl (C=O) groups excluding carboxylic acids is 1. The third-order valence-corrected chi connectivity index (χ3v) is 9.74. The molecule has 0 saturated heterocycles. The van der Waals surface area contributed by atoms with Gasteiger partial charge in [-0.25, -0.2) is 0 Å². The van der Waals surface area contributed by atoms with Crippen molar-refractivity contribution < 1.29 is 4.79 Å². The molecule has 0 N–H and O–H groups in total. The van der Waals surface area contributed by atoms with Crippen molar-refractivity contribution in [2.45, 2.75) is 52.8 Å². The summed E-state index contributed by atoms with van der Waals surface area (Å²) in [6.45, 7) is 14.7. The van der Waals surface area contributed by atoms with E-state index in [0.717, 1.165) is 10.1 Å². The SMILES string of the molecule is CC(C)=C(Br)C(=O)[Si](C)(C)C(C)(C)C. The number of hydrogen-bond acceptors (Lipinski definition) is 1. The number of carbonyl (C=O) groups is 1. The summed E-state index contributed by atoms with van der Waals surface area (Å²) in [5.74, 6) is 0. The monoisotopic (exact) mass is 276 g/mol. The maximum absolute atomic E-state index is 12.2. The van der Waals surface area contributed by atoms with Gasteiger partial charge in [0.2, 0.25) is 0 Å². The molecule has 0 aliphatic heterocycles. The first-order valence-electron chi connectivity index (χ1n) is 4.89. The van der Waals surface area contributed by atoms with E-state index in [9.17, 15) is 4.79 Å². The second kappa shape index (κ2) is 4.31. The molecule has 1 nitrogen and oxygen atoms in total. The van der Waals surface area contributed by atoms with Crippen molar-refractivity contribution in [2.75, 3.05) is 0 Å². The zero-order chi connectivity index (χ0) is 11.7. The minimum atomic E-state index is -1.88. The highest BCUT2D eigenvalue weighted by molar-refractivity contribution is 9.12. The molecular weight excluding hydrogens is 256 g/mol. The third-order valence-electron chi connectivity index (χ3n) is 3.08. The topological polar surface area (TPSA) is 17.1 Å². The lowest BCUT2D eigenvalue weighted by molar-refractivity contribution is -0.109. The first-order chi connectivity index (χ1) is 6.01. The van der Waals surface area contributed by atoms with E-state index in [1.54, 1.807) is 0 Å². The van der Waals surface area contributed by atoms with Gasteiger partial charge in [-0.3, -0.25) is 4.79 Å². The van der Waals surface area contributed by atoms with Gasteiger partial charge in [0.05, 0.1) is 4.48 Å². The van der Waals surface area contributed by atoms with Gasteiger partial charge < -0.3 is 0 Å². The van der Waals surface area contributed by atoms with E-state index in [4.69, 9.17) is 0 Å². The van der Waals surface area contributed by atoms with Crippen LogP contribution in [0.25, 0.3) is 0 Å². The van der Waals surface area contributed by atoms with E-state index in [1.807, 2.05) is 13.8 Å². The van der Waals surface area contributed by atoms with Gasteiger partial charge in [0.1, 0.15) is 13.5 Å². The van der Waals surface area contributed by atoms with Crippen LogP contribution >= 0.6 is 15.9 Å². The Kier molecular flexibility index (Phi) is 4.35. The average molecular weight is 277 g/mol. The molecule has 0 amide bonds. The van der Waals surface area contributed by atoms with Gasteiger partial charge in [-0.2, -0.15) is 0 Å². The number of hydrogen-bond donors (Lipinski definition) is 0. The highest BCUT2D eigenvalue weighted by Crippen LogP contribution is 2.39. The first kappa shape index (κ1) is 14.1. The van der Waals surface area contributed by atoms with Crippen LogP contribution in [0.5, 0.6) is 0 Å². The molecule has 0 aromatic rings. The minimum absolute atomic E-state index is 0.110. The molecule has 0 unspecified atom stereocenters. The van der Waals surface area contributed by atoms with Crippen LogP contribution in [0.3, 0.4) is 0 Å². The number of rotatable bonds is 2. The second-order valence-electron chi connectivity index (χ2n) is 5.52. The molecule has 0 bridgehead atoms. The third kappa shape index (κ3) is 2.80. The normalized spacial score (nSPS) is 12.6. The fraction of sp³-hybridized carbons (Fsp3) is 0.727. The Bertz CT molecular complexity index is 268. The van der Waals surface area contributed by atoms with Gasteiger partial charge in [-0.05, 0) is 34.8 Å². The van der Waals surface area contributed by atoms with Gasteiger partial charge in [-0.1, -0.05) is 39.4 Å². The van der Waals surface area contributed by atoms with Crippen molar-refractivity contribution in [3.8, 4) is 0 Å². The Hall–Kier alpha value is 0.107. The van der Waals surface area contributed by atoms with Crippen LogP contribution < -0.4 is 0 Å². The zero-order valence-corrected chi connectivity index (χ0v) is 12.9. The highest BCUT2D eigenvalue weighted by atomic mass is 79.9. The molecule has 0 aromatic carbocycles. The van der Waals surface area contributed by atoms with Crippen molar-refractivity contribution in [1.82, 2.24) is 0 Å². The maximum atomic E-state index is 12.2. The Morgan fingerprint density at radius 1 is 1.14 bits per heavy atom. The maximum Gasteiger partial charge on any atom is 0.147 e. The summed E-state index contributed by atoms with van der Waals surface area (Å²) in [6, 6.07) is 0. The molecule has 0 aliphatic rings. The lowest BCUT2D eigenvalue weighted by Gasteiger charge is -2.35. The molecule has 3 heteroatoms. The minimum Gasteiger partial charge on any atom is -0.299 e. The zero-order valence-electron chi connectivity index (χ0n) is 10.3. The van der Waals surface area contributed by atoms with Crippen molar-refractivity contribution in [2.24, 2.45) is 0 Å². The molecule has 0 fully saturated rings. The van der Waals surface area contributed by atoms with Gasteiger partial charge in [0, 0.05) is 0 Å². The summed E-state index contributed by atoms with van der Waals surface area (Å²) < 4.78 is 0.782. The largest absolute Gasteiger partial charge is 0.299 e. The fourth-order valence-electron chi connectivity index (χ4n) is 0.842. The second-order valence-corrected chi connectivity index (χ2v) is 11.5. The van der Waals surface area contributed by atoms with Crippen LogP contribution in [-0.4, -0.2) is 13.5 Å². The summed E-state index contributed by atoms with van der Waals surface area (Å²) in [4.78, 5) is 12.2. The lowest BCUT2D eigenvalue weighted by Crippen LogP contribution is -2.46. The van der Waals surface area contributed by atoms with E-state index in [-0.39, 0.29) is 5.04 Å². The van der Waals surface area contributed by atoms with Gasteiger partial charge in [-0.15, -0.1) is 0 Å². The molecule has 0 aliphatic carbocycles. The standard InChI is InChI=1S/C11H21BrOSi/c1-8(2)9(12)10(13)14(6,7)11(3,4)5/h1-7H3. The van der Waals surface area contributed by atoms with Crippen LogP contribution in [0.1, 0.15) is 34.6 Å². The van der Waals surface area contributed by atoms with E-state index < -0.39 is 8.07 Å². The van der Waals surface area contributed by atoms with Gasteiger partial charge in [0.25, 0.3) is 0 Å². The van der Waals surface area contributed by atoms with Crippen LogP contribution in [0.15, 0.2) is 10.1 Å². The van der Waals surface area contributed by atoms with Gasteiger partial charge in [0.15, 0.2) is 0 Å². The Balaban J connectivity index is 5.16. The van der Waals surface area contributed by atoms with Crippen molar-refractivity contribution in [1.29, 1.82) is 0 Å². The van der Waals surface area contributed by atoms with E-state index in [1.165, 1.54) is 0 Å². The molecule has 0 atom stereocenters. The molecule has 0 spiro atoms. The lowest BCUT2D eigenvalue weighted by atomic mass is 10.2. The summed E-state index contributed by atoms with van der Waals surface area (Å²) >= 11 is 3.40. The number of halogens is 1. The van der Waals surface area contributed by atoms with Crippen molar-refractivity contribution in [3.05, 3.63) is 10.1 Å². The molecular formula is C11H21BrOSi. The van der Waals surface area contributed by atoms with Crippen LogP contribution in [0.2, 0.25) is 18.1 Å². The van der Waals surface area contributed by atoms with Crippen LogP contribution in [0.4, 0.5) is 0 Å². The molecule has 14 heavy (non-hydrogen) atoms. The summed E-state index contributed by atoms with van der Waals surface area (Å²) in [6.07, 6.45) is 0. The molecule has 0 heterocycles. The first-order valence-corrected chi connectivity index (χ1v) is 8.69. The predicted molar refractivity (Wildman–Crippen MR) is 69.5 cm³/mol. The van der Waals surface area contributed by atoms with Gasteiger partial charge >= 0.3 is 0 Å². The Morgan fingerprint density at radius 3 is 1.71 bits per heavy atom. The predicted octanol–water partition coefficient (Wildman–Crippen LogP) is 4.29. The average Bonchev–Trinajstić information content (AvgIpc) is 1.99. The molecule has 0 aromatic heterocycles. The smallest absolute Gasteiger partial charge is 0.147 e. The fourth-order valence-corrected chi connectivity index (χ4v) is 3.81. The molecule has 82 valence electrons. The molecule has 0 radical (unpaired) electrons. The molecule has 0 saturated carbocycles. The quantitative estimate of drug-likeness (QED) is 0.543. The van der Waals surface area contributed by atoms with Crippen molar-refractivity contribution in [3.63, 3.8) is 0 Å². The number of allylic oxidation sites excluding steroid dienone is 2. The van der Waals surface area contributed by atoms with Crippen molar-refractivity contribution >= 4 is 29.4 Å². The van der Waals surface area contributed by atoms with Crippen LogP contribution in [-0.2, 0) is 4.79 Å². The van der Waals surface area contributed by atoms with E-state index in [2.05, 4.69) is 49.8 Å².